The monoisotopic (exact) mass is 560 g/mol. The minimum atomic E-state index is -0.512. The van der Waals surface area contributed by atoms with Crippen LogP contribution in [0, 0.1) is 0 Å². The SMILES string of the molecule is O=C(N[C@H]1CC[C@H](OC(=O)Nc2cc(OCCCCCCO)ccc2-c2ccccc2)CC1)OCc1ccccc1. The summed E-state index contributed by atoms with van der Waals surface area (Å²) in [4.78, 5) is 25.1. The van der Waals surface area contributed by atoms with Crippen LogP contribution < -0.4 is 15.4 Å². The molecule has 1 fully saturated rings. The Bertz CT molecular complexity index is 1210. The Morgan fingerprint density at radius 3 is 2.24 bits per heavy atom. The van der Waals surface area contributed by atoms with Gasteiger partial charge in [0.15, 0.2) is 0 Å². The molecular formula is C33H40N2O6. The van der Waals surface area contributed by atoms with Gasteiger partial charge < -0.3 is 24.6 Å². The van der Waals surface area contributed by atoms with Gasteiger partial charge in [-0.3, -0.25) is 5.32 Å². The van der Waals surface area contributed by atoms with Crippen molar-refractivity contribution in [1.82, 2.24) is 5.32 Å². The van der Waals surface area contributed by atoms with E-state index in [1.165, 1.54) is 0 Å². The van der Waals surface area contributed by atoms with E-state index in [9.17, 15) is 9.59 Å². The molecule has 0 atom stereocenters. The Kier molecular flexibility index (Phi) is 11.9. The number of alkyl carbamates (subject to hydrolysis) is 1. The van der Waals surface area contributed by atoms with Crippen LogP contribution in [0.2, 0.25) is 0 Å². The third-order valence-corrected chi connectivity index (χ3v) is 7.12. The van der Waals surface area contributed by atoms with Gasteiger partial charge in [-0.1, -0.05) is 67.1 Å². The van der Waals surface area contributed by atoms with E-state index in [1.807, 2.05) is 78.9 Å². The number of ether oxygens (including phenoxy) is 3. The maximum absolute atomic E-state index is 12.9. The first kappa shape index (κ1) is 29.9. The molecule has 2 amide bonds. The van der Waals surface area contributed by atoms with Crippen molar-refractivity contribution in [2.75, 3.05) is 18.5 Å². The van der Waals surface area contributed by atoms with Gasteiger partial charge in [-0.2, -0.15) is 0 Å². The van der Waals surface area contributed by atoms with Gasteiger partial charge >= 0.3 is 12.2 Å². The molecule has 0 aromatic heterocycles. The molecule has 1 saturated carbocycles. The lowest BCUT2D eigenvalue weighted by atomic mass is 9.93. The second kappa shape index (κ2) is 16.3. The van der Waals surface area contributed by atoms with Crippen LogP contribution in [-0.2, 0) is 16.1 Å². The normalized spacial score (nSPS) is 16.4. The molecule has 0 saturated heterocycles. The number of amides is 2. The number of carbonyl (C=O) groups is 2. The lowest BCUT2D eigenvalue weighted by molar-refractivity contribution is 0.0761. The Morgan fingerprint density at radius 2 is 1.51 bits per heavy atom. The van der Waals surface area contributed by atoms with Crippen molar-refractivity contribution in [3.05, 3.63) is 84.4 Å². The lowest BCUT2D eigenvalue weighted by Gasteiger charge is -2.28. The summed E-state index contributed by atoms with van der Waals surface area (Å²) in [6.07, 6.45) is 5.21. The molecular weight excluding hydrogens is 520 g/mol. The van der Waals surface area contributed by atoms with Gasteiger partial charge in [-0.05, 0) is 68.2 Å². The smallest absolute Gasteiger partial charge is 0.411 e. The number of hydrogen-bond acceptors (Lipinski definition) is 6. The Morgan fingerprint density at radius 1 is 0.805 bits per heavy atom. The van der Waals surface area contributed by atoms with E-state index >= 15 is 0 Å². The summed E-state index contributed by atoms with van der Waals surface area (Å²) in [6.45, 7) is 1.01. The Balaban J connectivity index is 1.26. The van der Waals surface area contributed by atoms with Crippen LogP contribution >= 0.6 is 0 Å². The van der Waals surface area contributed by atoms with Gasteiger partial charge in [0.2, 0.25) is 0 Å². The number of hydrogen-bond donors (Lipinski definition) is 3. The minimum Gasteiger partial charge on any atom is -0.494 e. The molecule has 0 spiro atoms. The van der Waals surface area contributed by atoms with Gasteiger partial charge in [0.25, 0.3) is 0 Å². The van der Waals surface area contributed by atoms with Crippen LogP contribution in [-0.4, -0.2) is 42.7 Å². The molecule has 4 rings (SSSR count). The quantitative estimate of drug-likeness (QED) is 0.193. The molecule has 1 aliphatic rings. The number of unbranched alkanes of at least 4 members (excludes halogenated alkanes) is 3. The molecule has 3 aromatic carbocycles. The second-order valence-corrected chi connectivity index (χ2v) is 10.3. The maximum Gasteiger partial charge on any atom is 0.411 e. The molecule has 0 heterocycles. The van der Waals surface area contributed by atoms with Crippen molar-refractivity contribution in [1.29, 1.82) is 0 Å². The molecule has 41 heavy (non-hydrogen) atoms. The topological polar surface area (TPSA) is 106 Å². The summed E-state index contributed by atoms with van der Waals surface area (Å²) in [5.74, 6) is 0.674. The van der Waals surface area contributed by atoms with E-state index < -0.39 is 12.2 Å². The van der Waals surface area contributed by atoms with E-state index in [0.717, 1.165) is 42.4 Å². The molecule has 0 bridgehead atoms. The van der Waals surface area contributed by atoms with Gasteiger partial charge in [-0.15, -0.1) is 0 Å². The molecule has 3 N–H and O–H groups in total. The van der Waals surface area contributed by atoms with Crippen LogP contribution in [0.4, 0.5) is 15.3 Å². The highest BCUT2D eigenvalue weighted by Crippen LogP contribution is 2.32. The largest absolute Gasteiger partial charge is 0.494 e. The fraction of sp³-hybridized carbons (Fsp3) is 0.394. The molecule has 8 nitrogen and oxygen atoms in total. The molecule has 0 radical (unpaired) electrons. The third kappa shape index (κ3) is 10.1. The van der Waals surface area contributed by atoms with Crippen molar-refractivity contribution in [3.8, 4) is 16.9 Å². The van der Waals surface area contributed by atoms with Gasteiger partial charge in [-0.25, -0.2) is 9.59 Å². The average molecular weight is 561 g/mol. The summed E-state index contributed by atoms with van der Waals surface area (Å²) in [6, 6.07) is 25.1. The first-order valence-corrected chi connectivity index (χ1v) is 14.5. The zero-order chi connectivity index (χ0) is 28.7. The number of anilines is 1. The van der Waals surface area contributed by atoms with Gasteiger partial charge in [0.1, 0.15) is 18.5 Å². The van der Waals surface area contributed by atoms with Crippen molar-refractivity contribution in [3.63, 3.8) is 0 Å². The number of rotatable bonds is 13. The van der Waals surface area contributed by atoms with E-state index in [2.05, 4.69) is 10.6 Å². The molecule has 218 valence electrons. The van der Waals surface area contributed by atoms with E-state index in [1.54, 1.807) is 0 Å². The lowest BCUT2D eigenvalue weighted by Crippen LogP contribution is -2.40. The summed E-state index contributed by atoms with van der Waals surface area (Å²) >= 11 is 0. The summed E-state index contributed by atoms with van der Waals surface area (Å²) in [5.41, 5.74) is 3.41. The van der Waals surface area contributed by atoms with E-state index in [-0.39, 0.29) is 25.4 Å². The predicted molar refractivity (Wildman–Crippen MR) is 159 cm³/mol. The van der Waals surface area contributed by atoms with E-state index in [4.69, 9.17) is 19.3 Å². The van der Waals surface area contributed by atoms with Crippen LogP contribution in [0.1, 0.15) is 56.9 Å². The fourth-order valence-electron chi connectivity index (χ4n) is 4.89. The number of aliphatic hydroxyl groups is 1. The molecule has 0 aliphatic heterocycles. The Hall–Kier alpha value is -4.04. The van der Waals surface area contributed by atoms with Crippen LogP contribution in [0.3, 0.4) is 0 Å². The first-order valence-electron chi connectivity index (χ1n) is 14.5. The van der Waals surface area contributed by atoms with Crippen LogP contribution in [0.5, 0.6) is 5.75 Å². The number of carbonyl (C=O) groups excluding carboxylic acids is 2. The molecule has 1 aliphatic carbocycles. The fourth-order valence-corrected chi connectivity index (χ4v) is 4.89. The van der Waals surface area contributed by atoms with Crippen molar-refractivity contribution >= 4 is 17.9 Å². The van der Waals surface area contributed by atoms with Crippen LogP contribution in [0.15, 0.2) is 78.9 Å². The first-order chi connectivity index (χ1) is 20.1. The number of aliphatic hydroxyl groups excluding tert-OH is 1. The summed E-state index contributed by atoms with van der Waals surface area (Å²) in [7, 11) is 0. The summed E-state index contributed by atoms with van der Waals surface area (Å²) in [5, 5.41) is 14.8. The van der Waals surface area contributed by atoms with Crippen molar-refractivity contribution < 1.29 is 28.9 Å². The highest BCUT2D eigenvalue weighted by molar-refractivity contribution is 5.92. The predicted octanol–water partition coefficient (Wildman–Crippen LogP) is 7.07. The average Bonchev–Trinajstić information content (AvgIpc) is 3.00. The molecule has 3 aromatic rings. The summed E-state index contributed by atoms with van der Waals surface area (Å²) < 4.78 is 17.0. The second-order valence-electron chi connectivity index (χ2n) is 10.3. The zero-order valence-corrected chi connectivity index (χ0v) is 23.4. The minimum absolute atomic E-state index is 0.0108. The third-order valence-electron chi connectivity index (χ3n) is 7.12. The highest BCUT2D eigenvalue weighted by Gasteiger charge is 2.26. The van der Waals surface area contributed by atoms with Crippen molar-refractivity contribution in [2.45, 2.75) is 70.1 Å². The number of nitrogens with one attached hydrogen (secondary N) is 2. The van der Waals surface area contributed by atoms with Crippen molar-refractivity contribution in [2.24, 2.45) is 0 Å². The molecule has 8 heteroatoms. The molecule has 0 unspecified atom stereocenters. The number of benzene rings is 3. The maximum atomic E-state index is 12.9. The van der Waals surface area contributed by atoms with Gasteiger partial charge in [0.05, 0.1) is 12.3 Å². The zero-order valence-electron chi connectivity index (χ0n) is 23.4. The van der Waals surface area contributed by atoms with E-state index in [0.29, 0.717) is 43.7 Å². The standard InChI is InChI=1S/C33H40N2O6/c36-21-9-1-2-10-22-39-29-19-20-30(26-13-7-4-8-14-26)31(23-29)35-33(38)41-28-17-15-27(16-18-28)34-32(37)40-24-25-11-5-3-6-12-25/h3-8,11-14,19-20,23,27-28,36H,1-2,9-10,15-18,21-22,24H2,(H,34,37)(H,35,38)/t27-,28-. The van der Waals surface area contributed by atoms with Crippen LogP contribution in [0.25, 0.3) is 11.1 Å². The Labute approximate surface area is 242 Å². The highest BCUT2D eigenvalue weighted by atomic mass is 16.6. The van der Waals surface area contributed by atoms with Gasteiger partial charge in [0, 0.05) is 24.3 Å².